The van der Waals surface area contributed by atoms with Crippen molar-refractivity contribution in [3.63, 3.8) is 0 Å². The molecule has 0 aliphatic rings. The minimum absolute atomic E-state index is 0.101. The fourth-order valence-corrected chi connectivity index (χ4v) is 3.77. The van der Waals surface area contributed by atoms with Crippen LogP contribution in [-0.2, 0) is 10.0 Å². The van der Waals surface area contributed by atoms with Crippen LogP contribution < -0.4 is 4.72 Å². The van der Waals surface area contributed by atoms with E-state index in [4.69, 9.17) is 0 Å². The average molecular weight is 321 g/mol. The van der Waals surface area contributed by atoms with E-state index < -0.39 is 15.8 Å². The largest absolute Gasteiger partial charge is 0.241 e. The van der Waals surface area contributed by atoms with E-state index in [0.717, 1.165) is 22.8 Å². The second-order valence-corrected chi connectivity index (χ2v) is 7.28. The normalized spacial score (nSPS) is 13.1. The highest BCUT2D eigenvalue weighted by Gasteiger charge is 2.20. The smallest absolute Gasteiger partial charge is 0.207 e. The number of benzene rings is 2. The Hall–Kier alpha value is -1.72. The lowest BCUT2D eigenvalue weighted by Crippen LogP contribution is -2.27. The molecule has 0 aromatic heterocycles. The fourth-order valence-electron chi connectivity index (χ4n) is 2.31. The van der Waals surface area contributed by atoms with Crippen LogP contribution >= 0.6 is 0 Å². The van der Waals surface area contributed by atoms with Crippen LogP contribution in [0.2, 0.25) is 0 Å². The van der Waals surface area contributed by atoms with E-state index in [1.807, 2.05) is 32.0 Å². The van der Waals surface area contributed by atoms with Crippen LogP contribution in [0.5, 0.6) is 0 Å². The van der Waals surface area contributed by atoms with E-state index in [9.17, 15) is 12.8 Å². The lowest BCUT2D eigenvalue weighted by Gasteiger charge is -2.17. The second-order valence-electron chi connectivity index (χ2n) is 5.60. The van der Waals surface area contributed by atoms with Crippen molar-refractivity contribution >= 4 is 10.0 Å². The predicted molar refractivity (Wildman–Crippen MR) is 85.8 cm³/mol. The van der Waals surface area contributed by atoms with Crippen LogP contribution in [0.25, 0.3) is 0 Å². The minimum atomic E-state index is -3.69. The molecule has 1 N–H and O–H groups in total. The number of hydrogen-bond donors (Lipinski definition) is 1. The summed E-state index contributed by atoms with van der Waals surface area (Å²) in [6, 6.07) is 9.15. The van der Waals surface area contributed by atoms with Gasteiger partial charge in [0.15, 0.2) is 0 Å². The summed E-state index contributed by atoms with van der Waals surface area (Å²) in [6.45, 7) is 7.37. The van der Waals surface area contributed by atoms with Gasteiger partial charge in [-0.3, -0.25) is 0 Å². The maximum absolute atomic E-state index is 13.1. The Kier molecular flexibility index (Phi) is 4.68. The van der Waals surface area contributed by atoms with E-state index in [1.54, 1.807) is 13.8 Å². The molecule has 0 amide bonds. The third kappa shape index (κ3) is 3.54. The van der Waals surface area contributed by atoms with Gasteiger partial charge in [-0.15, -0.1) is 0 Å². The average Bonchev–Trinajstić information content (AvgIpc) is 2.40. The summed E-state index contributed by atoms with van der Waals surface area (Å²) >= 11 is 0. The quantitative estimate of drug-likeness (QED) is 0.931. The van der Waals surface area contributed by atoms with Crippen LogP contribution in [-0.4, -0.2) is 8.42 Å². The summed E-state index contributed by atoms with van der Waals surface area (Å²) < 4.78 is 40.7. The van der Waals surface area contributed by atoms with Gasteiger partial charge in [0.05, 0.1) is 4.90 Å². The molecule has 0 fully saturated rings. The highest BCUT2D eigenvalue weighted by molar-refractivity contribution is 7.89. The summed E-state index contributed by atoms with van der Waals surface area (Å²) in [5, 5.41) is 0. The molecule has 118 valence electrons. The molecule has 0 unspecified atom stereocenters. The Balaban J connectivity index is 2.29. The van der Waals surface area contributed by atoms with Crippen LogP contribution in [0.15, 0.2) is 41.3 Å². The highest BCUT2D eigenvalue weighted by Crippen LogP contribution is 2.21. The molecule has 0 radical (unpaired) electrons. The number of rotatable bonds is 4. The molecule has 0 bridgehead atoms. The molecule has 0 spiro atoms. The molecular weight excluding hydrogens is 301 g/mol. The van der Waals surface area contributed by atoms with E-state index in [2.05, 4.69) is 4.72 Å². The number of aryl methyl sites for hydroxylation is 3. The summed E-state index contributed by atoms with van der Waals surface area (Å²) in [4.78, 5) is 0.101. The van der Waals surface area contributed by atoms with Gasteiger partial charge in [0, 0.05) is 6.04 Å². The zero-order valence-corrected chi connectivity index (χ0v) is 14.0. The molecule has 0 aliphatic heterocycles. The van der Waals surface area contributed by atoms with E-state index in [0.29, 0.717) is 5.56 Å². The Bertz CT molecular complexity index is 800. The van der Waals surface area contributed by atoms with Gasteiger partial charge in [-0.2, -0.15) is 0 Å². The zero-order valence-electron chi connectivity index (χ0n) is 13.1. The number of nitrogens with one attached hydrogen (secondary N) is 1. The number of sulfonamides is 1. The molecule has 3 nitrogen and oxygen atoms in total. The summed E-state index contributed by atoms with van der Waals surface area (Å²) in [7, 11) is -3.69. The molecular formula is C17H20FNO2S. The number of halogens is 1. The number of hydrogen-bond acceptors (Lipinski definition) is 2. The van der Waals surface area contributed by atoms with Gasteiger partial charge in [0.2, 0.25) is 10.0 Å². The van der Waals surface area contributed by atoms with Gasteiger partial charge in [0.1, 0.15) is 5.82 Å². The van der Waals surface area contributed by atoms with Crippen molar-refractivity contribution in [2.45, 2.75) is 38.6 Å². The van der Waals surface area contributed by atoms with E-state index >= 15 is 0 Å². The van der Waals surface area contributed by atoms with E-state index in [-0.39, 0.29) is 10.9 Å². The van der Waals surface area contributed by atoms with Crippen molar-refractivity contribution in [2.24, 2.45) is 0 Å². The van der Waals surface area contributed by atoms with Gasteiger partial charge in [-0.1, -0.05) is 18.2 Å². The standard InChI is InChI=1S/C17H20FNO2S/c1-11-5-6-15(9-12(11)2)14(4)19-22(20,21)17-8-7-16(18)10-13(17)3/h5-10,14,19H,1-4H3/t14-/m0/s1. The summed E-state index contributed by atoms with van der Waals surface area (Å²) in [5.41, 5.74) is 3.56. The third-order valence-corrected chi connectivity index (χ3v) is 5.49. The lowest BCUT2D eigenvalue weighted by atomic mass is 10.0. The van der Waals surface area contributed by atoms with Gasteiger partial charge in [-0.05, 0) is 68.1 Å². The Morgan fingerprint density at radius 2 is 1.64 bits per heavy atom. The Morgan fingerprint density at radius 3 is 2.23 bits per heavy atom. The first kappa shape index (κ1) is 16.6. The fraction of sp³-hybridized carbons (Fsp3) is 0.294. The maximum Gasteiger partial charge on any atom is 0.241 e. The maximum atomic E-state index is 13.1. The molecule has 2 aromatic carbocycles. The SMILES string of the molecule is Cc1ccc([C@H](C)NS(=O)(=O)c2ccc(F)cc2C)cc1C. The molecule has 2 aromatic rings. The Labute approximate surface area is 131 Å². The van der Waals surface area contributed by atoms with Gasteiger partial charge in [0.25, 0.3) is 0 Å². The first-order chi connectivity index (χ1) is 10.2. The van der Waals surface area contributed by atoms with Gasteiger partial charge in [-0.25, -0.2) is 17.5 Å². The zero-order chi connectivity index (χ0) is 16.5. The van der Waals surface area contributed by atoms with Crippen molar-refractivity contribution in [1.29, 1.82) is 0 Å². The van der Waals surface area contributed by atoms with Crippen molar-refractivity contribution < 1.29 is 12.8 Å². The van der Waals surface area contributed by atoms with Crippen LogP contribution in [0.3, 0.4) is 0 Å². The topological polar surface area (TPSA) is 46.2 Å². The highest BCUT2D eigenvalue weighted by atomic mass is 32.2. The molecule has 0 saturated heterocycles. The van der Waals surface area contributed by atoms with Crippen molar-refractivity contribution in [1.82, 2.24) is 4.72 Å². The summed E-state index contributed by atoms with van der Waals surface area (Å²) in [6.07, 6.45) is 0. The predicted octanol–water partition coefficient (Wildman–Crippen LogP) is 3.79. The first-order valence-electron chi connectivity index (χ1n) is 7.06. The molecule has 0 heterocycles. The van der Waals surface area contributed by atoms with Crippen molar-refractivity contribution in [3.8, 4) is 0 Å². The van der Waals surface area contributed by atoms with Crippen molar-refractivity contribution in [3.05, 3.63) is 64.5 Å². The van der Waals surface area contributed by atoms with Crippen LogP contribution in [0.4, 0.5) is 4.39 Å². The van der Waals surface area contributed by atoms with Crippen LogP contribution in [0.1, 0.15) is 35.2 Å². The van der Waals surface area contributed by atoms with Gasteiger partial charge >= 0.3 is 0 Å². The monoisotopic (exact) mass is 321 g/mol. The molecule has 5 heteroatoms. The van der Waals surface area contributed by atoms with Crippen molar-refractivity contribution in [2.75, 3.05) is 0 Å². The van der Waals surface area contributed by atoms with Gasteiger partial charge < -0.3 is 0 Å². The minimum Gasteiger partial charge on any atom is -0.207 e. The summed E-state index contributed by atoms with van der Waals surface area (Å²) in [5.74, 6) is -0.446. The second kappa shape index (κ2) is 6.18. The Morgan fingerprint density at radius 1 is 0.955 bits per heavy atom. The molecule has 0 saturated carbocycles. The first-order valence-corrected chi connectivity index (χ1v) is 8.54. The van der Waals surface area contributed by atoms with Crippen LogP contribution in [0, 0.1) is 26.6 Å². The molecule has 22 heavy (non-hydrogen) atoms. The third-order valence-electron chi connectivity index (χ3n) is 3.79. The molecule has 2 rings (SSSR count). The lowest BCUT2D eigenvalue weighted by molar-refractivity contribution is 0.565. The molecule has 1 atom stereocenters. The van der Waals surface area contributed by atoms with E-state index in [1.165, 1.54) is 12.1 Å². The molecule has 0 aliphatic carbocycles.